The summed E-state index contributed by atoms with van der Waals surface area (Å²) in [6.45, 7) is 1.76. The first-order valence-electron chi connectivity index (χ1n) is 11.5. The van der Waals surface area contributed by atoms with Crippen LogP contribution in [0.3, 0.4) is 0 Å². The lowest BCUT2D eigenvalue weighted by Gasteiger charge is -2.13. The number of amides is 2. The molecule has 0 atom stereocenters. The molecule has 0 saturated heterocycles. The molecule has 2 aromatic carbocycles. The molecule has 0 radical (unpaired) electrons. The van der Waals surface area contributed by atoms with Crippen LogP contribution in [0, 0.1) is 17.0 Å². The Morgan fingerprint density at radius 3 is 2.43 bits per heavy atom. The summed E-state index contributed by atoms with van der Waals surface area (Å²) in [4.78, 5) is 47.2. The minimum Gasteiger partial charge on any atom is -0.465 e. The van der Waals surface area contributed by atoms with Crippen molar-refractivity contribution in [3.05, 3.63) is 92.4 Å². The van der Waals surface area contributed by atoms with Gasteiger partial charge in [-0.1, -0.05) is 12.1 Å². The molecule has 2 N–H and O–H groups in total. The van der Waals surface area contributed by atoms with Gasteiger partial charge in [0.25, 0.3) is 11.6 Å². The first kappa shape index (κ1) is 25.3. The molecule has 1 aliphatic carbocycles. The predicted molar refractivity (Wildman–Crippen MR) is 134 cm³/mol. The molecule has 37 heavy (non-hydrogen) atoms. The summed E-state index contributed by atoms with van der Waals surface area (Å²) in [5, 5.41) is 17.8. The van der Waals surface area contributed by atoms with E-state index in [1.165, 1.54) is 31.4 Å². The number of non-ortho nitro benzene ring substituents is 1. The zero-order valence-corrected chi connectivity index (χ0v) is 20.2. The zero-order valence-electron chi connectivity index (χ0n) is 20.2. The number of hydrazone groups is 1. The molecule has 1 aliphatic rings. The smallest absolute Gasteiger partial charge is 0.337 e. The van der Waals surface area contributed by atoms with Crippen molar-refractivity contribution < 1.29 is 28.5 Å². The summed E-state index contributed by atoms with van der Waals surface area (Å²) in [6.07, 6.45) is 1.98. The van der Waals surface area contributed by atoms with E-state index in [9.17, 15) is 24.5 Å². The maximum absolute atomic E-state index is 12.9. The number of esters is 1. The number of rotatable bonds is 7. The van der Waals surface area contributed by atoms with Gasteiger partial charge in [0.2, 0.25) is 5.91 Å². The molecule has 2 amide bonds. The third-order valence-electron chi connectivity index (χ3n) is 5.92. The highest BCUT2D eigenvalue weighted by Gasteiger charge is 2.28. The summed E-state index contributed by atoms with van der Waals surface area (Å²) >= 11 is 0. The number of aryl methyl sites for hydroxylation is 1. The van der Waals surface area contributed by atoms with Gasteiger partial charge in [0.1, 0.15) is 5.76 Å². The lowest BCUT2D eigenvalue weighted by Crippen LogP contribution is -2.23. The molecule has 0 aliphatic heterocycles. The third-order valence-corrected chi connectivity index (χ3v) is 5.92. The number of benzene rings is 2. The summed E-state index contributed by atoms with van der Waals surface area (Å²) in [6, 6.07) is 12.0. The normalized spacial score (nSPS) is 13.5. The van der Waals surface area contributed by atoms with E-state index in [2.05, 4.69) is 20.6 Å². The Morgan fingerprint density at radius 1 is 1.08 bits per heavy atom. The molecule has 4 rings (SSSR count). The number of carbonyl (C=O) groups excluding carboxylic acids is 3. The van der Waals surface area contributed by atoms with Gasteiger partial charge < -0.3 is 14.5 Å². The van der Waals surface area contributed by atoms with E-state index in [0.29, 0.717) is 52.3 Å². The van der Waals surface area contributed by atoms with Gasteiger partial charge >= 0.3 is 5.97 Å². The van der Waals surface area contributed by atoms with E-state index >= 15 is 0 Å². The van der Waals surface area contributed by atoms with Crippen LogP contribution in [-0.4, -0.2) is 35.5 Å². The second-order valence-corrected chi connectivity index (χ2v) is 8.42. The number of fused-ring (bicyclic) bond motifs is 1. The number of hydrogen-bond acceptors (Lipinski definition) is 8. The minimum absolute atomic E-state index is 0.00836. The average molecular weight is 504 g/mol. The summed E-state index contributed by atoms with van der Waals surface area (Å²) in [5.41, 5.74) is 5.88. The van der Waals surface area contributed by atoms with Crippen LogP contribution in [0.1, 0.15) is 56.2 Å². The van der Waals surface area contributed by atoms with E-state index in [0.717, 1.165) is 6.42 Å². The molecule has 0 saturated carbocycles. The van der Waals surface area contributed by atoms with Gasteiger partial charge in [-0.25, -0.2) is 10.2 Å². The van der Waals surface area contributed by atoms with Crippen LogP contribution in [0.4, 0.5) is 11.4 Å². The highest BCUT2D eigenvalue weighted by molar-refractivity contribution is 6.09. The highest BCUT2D eigenvalue weighted by atomic mass is 16.6. The molecule has 11 nitrogen and oxygen atoms in total. The van der Waals surface area contributed by atoms with Crippen molar-refractivity contribution in [2.24, 2.45) is 5.10 Å². The largest absolute Gasteiger partial charge is 0.465 e. The van der Waals surface area contributed by atoms with Crippen LogP contribution >= 0.6 is 0 Å². The first-order chi connectivity index (χ1) is 17.8. The van der Waals surface area contributed by atoms with Crippen LogP contribution < -0.4 is 10.7 Å². The van der Waals surface area contributed by atoms with Gasteiger partial charge in [-0.2, -0.15) is 5.10 Å². The van der Waals surface area contributed by atoms with Crippen LogP contribution in [0.5, 0.6) is 0 Å². The topological polar surface area (TPSA) is 153 Å². The van der Waals surface area contributed by atoms with E-state index < -0.39 is 16.8 Å². The number of nitrogens with one attached hydrogen (secondary N) is 2. The molecule has 3 aromatic rings. The van der Waals surface area contributed by atoms with Crippen molar-refractivity contribution >= 4 is 34.9 Å². The number of anilines is 1. The standard InChI is InChI=1S/C26H24N4O7/c1-15-23-20(28-29-22(31)14-16-6-12-19(13-7-16)30(34)35)4-3-5-21(23)37-24(15)25(32)27-18-10-8-17(9-11-18)26(33)36-2/h6-13H,3-5,14H2,1-2H3,(H,27,32)(H,29,31)/b28-20+. The van der Waals surface area contributed by atoms with E-state index in [1.807, 2.05) is 0 Å². The molecule has 0 unspecified atom stereocenters. The predicted octanol–water partition coefficient (Wildman–Crippen LogP) is 3.93. The number of methoxy groups -OCH3 is 1. The Morgan fingerprint density at radius 2 is 1.78 bits per heavy atom. The molecule has 190 valence electrons. The Bertz CT molecular complexity index is 1390. The minimum atomic E-state index is -0.501. The average Bonchev–Trinajstić information content (AvgIpc) is 3.25. The quantitative estimate of drug-likeness (QED) is 0.281. The third kappa shape index (κ3) is 5.72. The van der Waals surface area contributed by atoms with Crippen LogP contribution in [0.15, 0.2) is 58.0 Å². The Balaban J connectivity index is 1.45. The second-order valence-electron chi connectivity index (χ2n) is 8.42. The highest BCUT2D eigenvalue weighted by Crippen LogP contribution is 2.30. The van der Waals surface area contributed by atoms with E-state index in [1.54, 1.807) is 31.2 Å². The lowest BCUT2D eigenvalue weighted by molar-refractivity contribution is -0.384. The maximum Gasteiger partial charge on any atom is 0.337 e. The molecule has 1 aromatic heterocycles. The Hall–Kier alpha value is -4.80. The van der Waals surface area contributed by atoms with Gasteiger partial charge in [0.15, 0.2) is 5.76 Å². The van der Waals surface area contributed by atoms with Crippen molar-refractivity contribution in [3.63, 3.8) is 0 Å². The SMILES string of the molecule is COC(=O)c1ccc(NC(=O)c2oc3c(c2C)/C(=N/NC(=O)Cc2ccc([N+](=O)[O-])cc2)CCC3)cc1. The fourth-order valence-corrected chi connectivity index (χ4v) is 4.08. The molecule has 0 spiro atoms. The number of nitrogens with zero attached hydrogens (tertiary/aromatic N) is 2. The van der Waals surface area contributed by atoms with Gasteiger partial charge in [0, 0.05) is 35.4 Å². The van der Waals surface area contributed by atoms with Crippen LogP contribution in [0.25, 0.3) is 0 Å². The Labute approximate surface area is 211 Å². The maximum atomic E-state index is 12.9. The van der Waals surface area contributed by atoms with E-state index in [-0.39, 0.29) is 23.8 Å². The fourth-order valence-electron chi connectivity index (χ4n) is 4.08. The molecule has 11 heteroatoms. The van der Waals surface area contributed by atoms with Gasteiger partial charge in [-0.05, 0) is 49.6 Å². The van der Waals surface area contributed by atoms with Gasteiger partial charge in [-0.3, -0.25) is 19.7 Å². The van der Waals surface area contributed by atoms with Crippen molar-refractivity contribution in [3.8, 4) is 0 Å². The monoisotopic (exact) mass is 504 g/mol. The van der Waals surface area contributed by atoms with Gasteiger partial charge in [-0.15, -0.1) is 0 Å². The molecule has 0 fully saturated rings. The zero-order chi connectivity index (χ0) is 26.5. The first-order valence-corrected chi connectivity index (χ1v) is 11.5. The number of carbonyl (C=O) groups is 3. The van der Waals surface area contributed by atoms with Crippen molar-refractivity contribution in [2.75, 3.05) is 12.4 Å². The molecule has 0 bridgehead atoms. The Kier molecular flexibility index (Phi) is 7.42. The number of hydrogen-bond donors (Lipinski definition) is 2. The second kappa shape index (κ2) is 10.9. The molecule has 1 heterocycles. The van der Waals surface area contributed by atoms with Crippen LogP contribution in [0.2, 0.25) is 0 Å². The summed E-state index contributed by atoms with van der Waals surface area (Å²) in [7, 11) is 1.29. The van der Waals surface area contributed by atoms with Crippen LogP contribution in [-0.2, 0) is 22.4 Å². The molecular weight excluding hydrogens is 480 g/mol. The summed E-state index contributed by atoms with van der Waals surface area (Å²) < 4.78 is 10.6. The van der Waals surface area contributed by atoms with Crippen molar-refractivity contribution in [2.45, 2.75) is 32.6 Å². The molecular formula is C26H24N4O7. The number of ether oxygens (including phenoxy) is 1. The lowest BCUT2D eigenvalue weighted by atomic mass is 9.93. The number of furan rings is 1. The van der Waals surface area contributed by atoms with Gasteiger partial charge in [0.05, 0.1) is 29.7 Å². The van der Waals surface area contributed by atoms with Crippen molar-refractivity contribution in [1.82, 2.24) is 5.43 Å². The number of nitro groups is 1. The number of nitro benzene ring substituents is 1. The fraction of sp³-hybridized carbons (Fsp3) is 0.231. The van der Waals surface area contributed by atoms with Crippen molar-refractivity contribution in [1.29, 1.82) is 0 Å². The summed E-state index contributed by atoms with van der Waals surface area (Å²) in [5.74, 6) is -0.520. The van der Waals surface area contributed by atoms with E-state index in [4.69, 9.17) is 4.42 Å².